The summed E-state index contributed by atoms with van der Waals surface area (Å²) in [5.41, 5.74) is 4.43. The van der Waals surface area contributed by atoms with Crippen molar-refractivity contribution in [2.24, 2.45) is 11.0 Å². The molecule has 0 bridgehead atoms. The average Bonchev–Trinajstić information content (AvgIpc) is 3.52. The lowest BCUT2D eigenvalue weighted by Gasteiger charge is -2.06. The van der Waals surface area contributed by atoms with Gasteiger partial charge < -0.3 is 5.32 Å². The van der Waals surface area contributed by atoms with Crippen molar-refractivity contribution in [1.29, 1.82) is 0 Å². The Kier molecular flexibility index (Phi) is 5.25. The number of carbonyl (C=O) groups excluding carboxylic acids is 2. The summed E-state index contributed by atoms with van der Waals surface area (Å²) in [5.74, 6) is -0.360. The van der Waals surface area contributed by atoms with Gasteiger partial charge in [-0.25, -0.2) is 5.43 Å². The van der Waals surface area contributed by atoms with Gasteiger partial charge in [0, 0.05) is 29.3 Å². The summed E-state index contributed by atoms with van der Waals surface area (Å²) < 4.78 is 0. The van der Waals surface area contributed by atoms with Crippen LogP contribution in [0.2, 0.25) is 0 Å². The van der Waals surface area contributed by atoms with Crippen molar-refractivity contribution in [3.05, 3.63) is 69.8 Å². The van der Waals surface area contributed by atoms with Crippen molar-refractivity contribution >= 4 is 28.9 Å². The fourth-order valence-electron chi connectivity index (χ4n) is 2.41. The third kappa shape index (κ3) is 4.75. The number of anilines is 1. The summed E-state index contributed by atoms with van der Waals surface area (Å²) in [7, 11) is 0. The highest BCUT2D eigenvalue weighted by Gasteiger charge is 2.29. The molecule has 1 saturated carbocycles. The van der Waals surface area contributed by atoms with Gasteiger partial charge in [0.2, 0.25) is 5.91 Å². The Balaban J connectivity index is 1.62. The number of nitro groups is 1. The van der Waals surface area contributed by atoms with Crippen LogP contribution in [0.1, 0.15) is 35.7 Å². The lowest BCUT2D eigenvalue weighted by atomic mass is 10.1. The average molecular weight is 366 g/mol. The lowest BCUT2D eigenvalue weighted by Crippen LogP contribution is -2.19. The Labute approximate surface area is 155 Å². The first-order valence-corrected chi connectivity index (χ1v) is 8.44. The van der Waals surface area contributed by atoms with Crippen molar-refractivity contribution in [2.75, 3.05) is 5.32 Å². The molecule has 2 aromatic carbocycles. The molecule has 1 aliphatic rings. The van der Waals surface area contributed by atoms with E-state index >= 15 is 0 Å². The Morgan fingerprint density at radius 3 is 2.44 bits per heavy atom. The number of hydrazone groups is 1. The third-order valence-electron chi connectivity index (χ3n) is 4.16. The molecule has 1 aliphatic carbocycles. The van der Waals surface area contributed by atoms with E-state index in [0.717, 1.165) is 18.4 Å². The number of carbonyl (C=O) groups is 2. The fraction of sp³-hybridized carbons (Fsp3) is 0.211. The van der Waals surface area contributed by atoms with Crippen LogP contribution in [0.4, 0.5) is 11.4 Å². The maximum absolute atomic E-state index is 12.1. The number of non-ortho nitro benzene ring substituents is 1. The molecule has 0 aromatic heterocycles. The number of amides is 2. The minimum Gasteiger partial charge on any atom is -0.326 e. The molecule has 1 fully saturated rings. The zero-order valence-corrected chi connectivity index (χ0v) is 14.6. The standard InChI is InChI=1S/C19H18N4O4/c1-12(13-7-9-16(10-8-13)20-18(24)14-5-6-14)21-22-19(25)15-3-2-4-17(11-15)23(26)27/h2-4,7-11,14H,5-6H2,1H3,(H,20,24)(H,22,25)/b21-12-. The van der Waals surface area contributed by atoms with Crippen LogP contribution < -0.4 is 10.7 Å². The van der Waals surface area contributed by atoms with Gasteiger partial charge in [-0.2, -0.15) is 5.10 Å². The van der Waals surface area contributed by atoms with E-state index in [1.54, 1.807) is 31.2 Å². The van der Waals surface area contributed by atoms with Crippen LogP contribution >= 0.6 is 0 Å². The normalized spacial score (nSPS) is 13.7. The van der Waals surface area contributed by atoms with Crippen molar-refractivity contribution < 1.29 is 14.5 Å². The zero-order chi connectivity index (χ0) is 19.4. The molecule has 0 unspecified atom stereocenters. The Morgan fingerprint density at radius 2 is 1.81 bits per heavy atom. The summed E-state index contributed by atoms with van der Waals surface area (Å²) in [6.07, 6.45) is 1.89. The predicted octanol–water partition coefficient (Wildman–Crippen LogP) is 3.10. The predicted molar refractivity (Wildman–Crippen MR) is 101 cm³/mol. The van der Waals surface area contributed by atoms with Gasteiger partial charge in [0.15, 0.2) is 0 Å². The summed E-state index contributed by atoms with van der Waals surface area (Å²) in [6.45, 7) is 1.73. The van der Waals surface area contributed by atoms with E-state index < -0.39 is 10.8 Å². The van der Waals surface area contributed by atoms with Crippen LogP contribution in [0.5, 0.6) is 0 Å². The maximum atomic E-state index is 12.1. The van der Waals surface area contributed by atoms with Gasteiger partial charge in [0.25, 0.3) is 11.6 Å². The topological polar surface area (TPSA) is 114 Å². The molecule has 0 heterocycles. The van der Waals surface area contributed by atoms with Gasteiger partial charge in [-0.3, -0.25) is 19.7 Å². The van der Waals surface area contributed by atoms with Gasteiger partial charge in [0.05, 0.1) is 10.6 Å². The first kappa shape index (κ1) is 18.2. The molecule has 0 atom stereocenters. The van der Waals surface area contributed by atoms with E-state index in [0.29, 0.717) is 11.4 Å². The second-order valence-corrected chi connectivity index (χ2v) is 6.29. The minimum absolute atomic E-state index is 0.0392. The molecule has 3 rings (SSSR count). The van der Waals surface area contributed by atoms with E-state index in [1.807, 2.05) is 0 Å². The molecule has 0 saturated heterocycles. The highest BCUT2D eigenvalue weighted by Crippen LogP contribution is 2.30. The van der Waals surface area contributed by atoms with Crippen LogP contribution in [0.3, 0.4) is 0 Å². The molecule has 27 heavy (non-hydrogen) atoms. The van der Waals surface area contributed by atoms with Gasteiger partial charge in [-0.05, 0) is 43.5 Å². The van der Waals surface area contributed by atoms with Crippen molar-refractivity contribution in [3.63, 3.8) is 0 Å². The molecule has 2 N–H and O–H groups in total. The van der Waals surface area contributed by atoms with E-state index in [9.17, 15) is 19.7 Å². The zero-order valence-electron chi connectivity index (χ0n) is 14.6. The van der Waals surface area contributed by atoms with Crippen molar-refractivity contribution in [1.82, 2.24) is 5.43 Å². The van der Waals surface area contributed by atoms with E-state index in [-0.39, 0.29) is 23.1 Å². The smallest absolute Gasteiger partial charge is 0.271 e. The van der Waals surface area contributed by atoms with Crippen molar-refractivity contribution in [3.8, 4) is 0 Å². The van der Waals surface area contributed by atoms with Crippen LogP contribution in [-0.2, 0) is 4.79 Å². The minimum atomic E-state index is -0.561. The van der Waals surface area contributed by atoms with Gasteiger partial charge in [-0.15, -0.1) is 0 Å². The molecule has 2 amide bonds. The van der Waals surface area contributed by atoms with E-state index in [2.05, 4.69) is 15.8 Å². The summed E-state index contributed by atoms with van der Waals surface area (Å²) in [4.78, 5) is 34.1. The fourth-order valence-corrected chi connectivity index (χ4v) is 2.41. The van der Waals surface area contributed by atoms with Crippen LogP contribution in [-0.4, -0.2) is 22.4 Å². The number of rotatable bonds is 6. The molecule has 8 nitrogen and oxygen atoms in total. The van der Waals surface area contributed by atoms with Crippen LogP contribution in [0.25, 0.3) is 0 Å². The third-order valence-corrected chi connectivity index (χ3v) is 4.16. The van der Waals surface area contributed by atoms with Gasteiger partial charge in [0.1, 0.15) is 0 Å². The first-order chi connectivity index (χ1) is 12.9. The highest BCUT2D eigenvalue weighted by atomic mass is 16.6. The molecule has 8 heteroatoms. The number of nitrogens with zero attached hydrogens (tertiary/aromatic N) is 2. The Hall–Kier alpha value is -3.55. The summed E-state index contributed by atoms with van der Waals surface area (Å²) in [5, 5.41) is 17.7. The van der Waals surface area contributed by atoms with Crippen LogP contribution in [0, 0.1) is 16.0 Å². The molecule has 138 valence electrons. The SMILES string of the molecule is C/C(=N/NC(=O)c1cccc([N+](=O)[O-])c1)c1ccc(NC(=O)C2CC2)cc1. The van der Waals surface area contributed by atoms with E-state index in [4.69, 9.17) is 0 Å². The molecule has 2 aromatic rings. The van der Waals surface area contributed by atoms with Crippen molar-refractivity contribution in [2.45, 2.75) is 19.8 Å². The Morgan fingerprint density at radius 1 is 1.11 bits per heavy atom. The molecule has 0 spiro atoms. The lowest BCUT2D eigenvalue weighted by molar-refractivity contribution is -0.384. The number of hydrogen-bond donors (Lipinski definition) is 2. The number of benzene rings is 2. The molecule has 0 aliphatic heterocycles. The molecular weight excluding hydrogens is 348 g/mol. The molecule has 0 radical (unpaired) electrons. The van der Waals surface area contributed by atoms with Gasteiger partial charge in [-0.1, -0.05) is 18.2 Å². The Bertz CT molecular complexity index is 918. The maximum Gasteiger partial charge on any atom is 0.271 e. The molecular formula is C19H18N4O4. The summed E-state index contributed by atoms with van der Waals surface area (Å²) in [6, 6.07) is 12.6. The van der Waals surface area contributed by atoms with E-state index in [1.165, 1.54) is 24.3 Å². The number of nitrogens with one attached hydrogen (secondary N) is 2. The van der Waals surface area contributed by atoms with Crippen LogP contribution in [0.15, 0.2) is 53.6 Å². The highest BCUT2D eigenvalue weighted by molar-refractivity contribution is 6.01. The largest absolute Gasteiger partial charge is 0.326 e. The quantitative estimate of drug-likeness (QED) is 0.464. The second-order valence-electron chi connectivity index (χ2n) is 6.29. The monoisotopic (exact) mass is 366 g/mol. The second kappa shape index (κ2) is 7.77. The number of nitro benzene ring substituents is 1. The first-order valence-electron chi connectivity index (χ1n) is 8.44. The number of hydrogen-bond acceptors (Lipinski definition) is 5. The van der Waals surface area contributed by atoms with Gasteiger partial charge >= 0.3 is 0 Å². The summed E-state index contributed by atoms with van der Waals surface area (Å²) >= 11 is 0.